The minimum absolute atomic E-state index is 0.709. The maximum absolute atomic E-state index is 5.94. The van der Waals surface area contributed by atoms with Gasteiger partial charge >= 0.3 is 0 Å². The van der Waals surface area contributed by atoms with Crippen LogP contribution in [-0.4, -0.2) is 34.0 Å². The molecular weight excluding hydrogens is 266 g/mol. The number of ether oxygens (including phenoxy) is 3. The average molecular weight is 295 g/mol. The molecular formula is C17H29NO3. The topological polar surface area (TPSA) is 39.7 Å². The zero-order valence-corrected chi connectivity index (χ0v) is 13.8. The third-order valence-electron chi connectivity index (χ3n) is 3.26. The molecule has 0 atom stereocenters. The smallest absolute Gasteiger partial charge is 0.127 e. The van der Waals surface area contributed by atoms with Gasteiger partial charge in [0, 0.05) is 31.8 Å². The molecule has 0 spiro atoms. The quantitative estimate of drug-likeness (QED) is 0.636. The summed E-state index contributed by atoms with van der Waals surface area (Å²) < 4.78 is 16.2. The number of methoxy groups -OCH3 is 2. The Morgan fingerprint density at radius 2 is 1.95 bits per heavy atom. The lowest BCUT2D eigenvalue weighted by Gasteiger charge is -2.14. The van der Waals surface area contributed by atoms with E-state index in [1.54, 1.807) is 14.2 Å². The van der Waals surface area contributed by atoms with E-state index in [0.717, 1.165) is 43.2 Å². The maximum Gasteiger partial charge on any atom is 0.127 e. The molecule has 0 saturated heterocycles. The van der Waals surface area contributed by atoms with Crippen LogP contribution in [0.25, 0.3) is 0 Å². The van der Waals surface area contributed by atoms with Crippen molar-refractivity contribution in [3.05, 3.63) is 23.8 Å². The number of rotatable bonds is 11. The predicted molar refractivity (Wildman–Crippen MR) is 86.1 cm³/mol. The predicted octanol–water partition coefficient (Wildman–Crippen LogP) is 3.25. The molecule has 0 saturated carbocycles. The fourth-order valence-electron chi connectivity index (χ4n) is 2.01. The molecule has 0 aliphatic heterocycles. The van der Waals surface area contributed by atoms with Crippen LogP contribution in [0.5, 0.6) is 11.5 Å². The van der Waals surface area contributed by atoms with Gasteiger partial charge in [0.15, 0.2) is 0 Å². The van der Waals surface area contributed by atoms with Gasteiger partial charge in [-0.05, 0) is 24.8 Å². The third-order valence-corrected chi connectivity index (χ3v) is 3.26. The Labute approximate surface area is 128 Å². The second kappa shape index (κ2) is 10.5. The molecule has 0 heterocycles. The molecule has 120 valence electrons. The summed E-state index contributed by atoms with van der Waals surface area (Å²) in [5.74, 6) is 2.45. The summed E-state index contributed by atoms with van der Waals surface area (Å²) in [7, 11) is 3.38. The highest BCUT2D eigenvalue weighted by Crippen LogP contribution is 2.25. The summed E-state index contributed by atoms with van der Waals surface area (Å²) in [6.45, 7) is 7.52. The van der Waals surface area contributed by atoms with Gasteiger partial charge < -0.3 is 19.5 Å². The van der Waals surface area contributed by atoms with Crippen LogP contribution >= 0.6 is 0 Å². The maximum atomic E-state index is 5.94. The molecule has 0 aliphatic carbocycles. The summed E-state index contributed by atoms with van der Waals surface area (Å²) in [4.78, 5) is 0. The average Bonchev–Trinajstić information content (AvgIpc) is 2.48. The fraction of sp³-hybridized carbons (Fsp3) is 0.647. The van der Waals surface area contributed by atoms with E-state index in [-0.39, 0.29) is 0 Å². The van der Waals surface area contributed by atoms with Crippen LogP contribution in [0.2, 0.25) is 0 Å². The van der Waals surface area contributed by atoms with Gasteiger partial charge in [0.25, 0.3) is 0 Å². The van der Waals surface area contributed by atoms with E-state index in [2.05, 4.69) is 25.2 Å². The van der Waals surface area contributed by atoms with E-state index in [1.807, 2.05) is 12.1 Å². The molecule has 21 heavy (non-hydrogen) atoms. The Kier molecular flexibility index (Phi) is 8.87. The van der Waals surface area contributed by atoms with E-state index < -0.39 is 0 Å². The zero-order chi connectivity index (χ0) is 15.5. The van der Waals surface area contributed by atoms with Crippen LogP contribution in [0, 0.1) is 5.92 Å². The van der Waals surface area contributed by atoms with Crippen molar-refractivity contribution < 1.29 is 14.2 Å². The fourth-order valence-corrected chi connectivity index (χ4v) is 2.01. The molecule has 0 amide bonds. The second-order valence-electron chi connectivity index (χ2n) is 5.53. The lowest BCUT2D eigenvalue weighted by Crippen LogP contribution is -2.19. The minimum Gasteiger partial charge on any atom is -0.497 e. The standard InChI is InChI=1S/C17H29NO3/c1-14(2)6-5-10-21-17-12-16(20-4)8-7-15(17)13-18-9-11-19-3/h7-8,12,14,18H,5-6,9-11,13H2,1-4H3. The molecule has 1 rings (SSSR count). The first-order valence-corrected chi connectivity index (χ1v) is 7.66. The highest BCUT2D eigenvalue weighted by atomic mass is 16.5. The molecule has 0 aliphatic rings. The van der Waals surface area contributed by atoms with Gasteiger partial charge in [0.05, 0.1) is 20.3 Å². The van der Waals surface area contributed by atoms with Crippen molar-refractivity contribution >= 4 is 0 Å². The van der Waals surface area contributed by atoms with E-state index in [1.165, 1.54) is 6.42 Å². The molecule has 0 aromatic heterocycles. The van der Waals surface area contributed by atoms with Crippen molar-refractivity contribution in [1.82, 2.24) is 5.32 Å². The number of hydrogen-bond acceptors (Lipinski definition) is 4. The van der Waals surface area contributed by atoms with Crippen LogP contribution in [0.15, 0.2) is 18.2 Å². The van der Waals surface area contributed by atoms with Crippen molar-refractivity contribution in [3.8, 4) is 11.5 Å². The van der Waals surface area contributed by atoms with E-state index in [9.17, 15) is 0 Å². The van der Waals surface area contributed by atoms with Gasteiger partial charge in [-0.3, -0.25) is 0 Å². The molecule has 1 aromatic carbocycles. The van der Waals surface area contributed by atoms with Crippen LogP contribution < -0.4 is 14.8 Å². The Balaban J connectivity index is 2.55. The Morgan fingerprint density at radius 1 is 1.14 bits per heavy atom. The first-order chi connectivity index (χ1) is 10.2. The molecule has 0 unspecified atom stereocenters. The third kappa shape index (κ3) is 7.34. The van der Waals surface area contributed by atoms with E-state index >= 15 is 0 Å². The second-order valence-corrected chi connectivity index (χ2v) is 5.53. The van der Waals surface area contributed by atoms with Gasteiger partial charge in [-0.2, -0.15) is 0 Å². The molecule has 0 bridgehead atoms. The lowest BCUT2D eigenvalue weighted by atomic mass is 10.1. The van der Waals surface area contributed by atoms with Gasteiger partial charge in [-0.15, -0.1) is 0 Å². The normalized spacial score (nSPS) is 10.9. The summed E-state index contributed by atoms with van der Waals surface area (Å²) >= 11 is 0. The Hall–Kier alpha value is -1.26. The SMILES string of the molecule is COCCNCc1ccc(OC)cc1OCCCC(C)C. The summed E-state index contributed by atoms with van der Waals surface area (Å²) in [5.41, 5.74) is 1.15. The van der Waals surface area contributed by atoms with Crippen LogP contribution in [-0.2, 0) is 11.3 Å². The molecule has 1 aromatic rings. The van der Waals surface area contributed by atoms with Gasteiger partial charge in [0.1, 0.15) is 11.5 Å². The molecule has 4 heteroatoms. The van der Waals surface area contributed by atoms with Crippen LogP contribution in [0.1, 0.15) is 32.3 Å². The number of hydrogen-bond donors (Lipinski definition) is 1. The van der Waals surface area contributed by atoms with Gasteiger partial charge in [-0.25, -0.2) is 0 Å². The van der Waals surface area contributed by atoms with E-state index in [0.29, 0.717) is 12.5 Å². The van der Waals surface area contributed by atoms with Crippen molar-refractivity contribution in [2.45, 2.75) is 33.2 Å². The highest BCUT2D eigenvalue weighted by Gasteiger charge is 2.06. The summed E-state index contributed by atoms with van der Waals surface area (Å²) in [5, 5.41) is 3.34. The zero-order valence-electron chi connectivity index (χ0n) is 13.8. The van der Waals surface area contributed by atoms with Gasteiger partial charge in [-0.1, -0.05) is 19.9 Å². The minimum atomic E-state index is 0.709. The van der Waals surface area contributed by atoms with Crippen molar-refractivity contribution in [2.24, 2.45) is 5.92 Å². The molecule has 1 N–H and O–H groups in total. The lowest BCUT2D eigenvalue weighted by molar-refractivity contribution is 0.199. The molecule has 0 fully saturated rings. The molecule has 0 radical (unpaired) electrons. The Morgan fingerprint density at radius 3 is 2.62 bits per heavy atom. The molecule has 4 nitrogen and oxygen atoms in total. The summed E-state index contributed by atoms with van der Waals surface area (Å²) in [6.07, 6.45) is 2.26. The monoisotopic (exact) mass is 295 g/mol. The van der Waals surface area contributed by atoms with Crippen LogP contribution in [0.3, 0.4) is 0 Å². The first kappa shape index (κ1) is 17.8. The number of nitrogens with one attached hydrogen (secondary N) is 1. The van der Waals surface area contributed by atoms with E-state index in [4.69, 9.17) is 14.2 Å². The van der Waals surface area contributed by atoms with Crippen molar-refractivity contribution in [1.29, 1.82) is 0 Å². The van der Waals surface area contributed by atoms with Crippen LogP contribution in [0.4, 0.5) is 0 Å². The van der Waals surface area contributed by atoms with Crippen molar-refractivity contribution in [2.75, 3.05) is 34.0 Å². The summed E-state index contributed by atoms with van der Waals surface area (Å²) in [6, 6.07) is 5.98. The highest BCUT2D eigenvalue weighted by molar-refractivity contribution is 5.40. The Bertz CT molecular complexity index is 394. The van der Waals surface area contributed by atoms with Gasteiger partial charge in [0.2, 0.25) is 0 Å². The first-order valence-electron chi connectivity index (χ1n) is 7.66. The number of benzene rings is 1. The van der Waals surface area contributed by atoms with Crippen molar-refractivity contribution in [3.63, 3.8) is 0 Å². The largest absolute Gasteiger partial charge is 0.497 e.